The molecular weight excluding hydrogens is 260 g/mol. The second-order valence-electron chi connectivity index (χ2n) is 4.57. The van der Waals surface area contributed by atoms with E-state index < -0.39 is 6.04 Å². The number of benzene rings is 1. The van der Waals surface area contributed by atoms with Crippen molar-refractivity contribution < 1.29 is 4.79 Å². The van der Waals surface area contributed by atoms with Crippen LogP contribution in [0.2, 0.25) is 0 Å². The van der Waals surface area contributed by atoms with Gasteiger partial charge in [-0.2, -0.15) is 0 Å². The Balaban J connectivity index is 2.23. The van der Waals surface area contributed by atoms with Crippen molar-refractivity contribution >= 4 is 22.4 Å². The highest BCUT2D eigenvalue weighted by molar-refractivity contribution is 7.18. The first-order chi connectivity index (χ1) is 8.95. The minimum atomic E-state index is -0.562. The van der Waals surface area contributed by atoms with E-state index in [0.717, 1.165) is 10.6 Å². The SMILES string of the molecule is Cc1cc(C)cc(-c2nnc(NC(=O)[C@H](C)N)s2)c1. The van der Waals surface area contributed by atoms with E-state index in [4.69, 9.17) is 5.73 Å². The zero-order chi connectivity index (χ0) is 14.0. The minimum Gasteiger partial charge on any atom is -0.320 e. The van der Waals surface area contributed by atoms with Crippen molar-refractivity contribution in [3.05, 3.63) is 29.3 Å². The Morgan fingerprint density at radius 3 is 2.47 bits per heavy atom. The molecule has 19 heavy (non-hydrogen) atoms. The highest BCUT2D eigenvalue weighted by Crippen LogP contribution is 2.27. The molecule has 1 aromatic heterocycles. The molecule has 0 saturated carbocycles. The number of nitrogens with two attached hydrogens (primary N) is 1. The lowest BCUT2D eigenvalue weighted by molar-refractivity contribution is -0.117. The number of aryl methyl sites for hydroxylation is 2. The van der Waals surface area contributed by atoms with Gasteiger partial charge in [-0.3, -0.25) is 10.1 Å². The summed E-state index contributed by atoms with van der Waals surface area (Å²) in [5.74, 6) is -0.261. The summed E-state index contributed by atoms with van der Waals surface area (Å²) >= 11 is 1.34. The first-order valence-corrected chi connectivity index (χ1v) is 6.76. The number of carbonyl (C=O) groups excluding carboxylic acids is 1. The Bertz CT molecular complexity index is 586. The third-order valence-corrected chi connectivity index (χ3v) is 3.43. The second kappa shape index (κ2) is 5.46. The first-order valence-electron chi connectivity index (χ1n) is 5.94. The third-order valence-electron chi connectivity index (χ3n) is 2.54. The summed E-state index contributed by atoms with van der Waals surface area (Å²) in [7, 11) is 0. The molecule has 2 rings (SSSR count). The van der Waals surface area contributed by atoms with Crippen LogP contribution in [-0.2, 0) is 4.79 Å². The lowest BCUT2D eigenvalue weighted by atomic mass is 10.1. The van der Waals surface area contributed by atoms with E-state index >= 15 is 0 Å². The van der Waals surface area contributed by atoms with Gasteiger partial charge in [-0.15, -0.1) is 10.2 Å². The highest BCUT2D eigenvalue weighted by Gasteiger charge is 2.12. The van der Waals surface area contributed by atoms with E-state index in [9.17, 15) is 4.79 Å². The molecule has 0 aliphatic carbocycles. The van der Waals surface area contributed by atoms with E-state index in [-0.39, 0.29) is 5.91 Å². The van der Waals surface area contributed by atoms with Crippen molar-refractivity contribution in [3.63, 3.8) is 0 Å². The quantitative estimate of drug-likeness (QED) is 0.899. The van der Waals surface area contributed by atoms with Gasteiger partial charge in [-0.1, -0.05) is 28.5 Å². The molecule has 3 N–H and O–H groups in total. The molecule has 0 aliphatic heterocycles. The number of hydrogen-bond acceptors (Lipinski definition) is 5. The van der Waals surface area contributed by atoms with Crippen LogP contribution < -0.4 is 11.1 Å². The molecule has 0 fully saturated rings. The molecule has 2 aromatic rings. The van der Waals surface area contributed by atoms with Crippen LogP contribution in [0.15, 0.2) is 18.2 Å². The Morgan fingerprint density at radius 1 is 1.26 bits per heavy atom. The number of anilines is 1. The first kappa shape index (κ1) is 13.6. The maximum absolute atomic E-state index is 11.5. The van der Waals surface area contributed by atoms with Gasteiger partial charge in [-0.05, 0) is 32.9 Å². The van der Waals surface area contributed by atoms with Crippen molar-refractivity contribution in [2.75, 3.05) is 5.32 Å². The smallest absolute Gasteiger partial charge is 0.242 e. The summed E-state index contributed by atoms with van der Waals surface area (Å²) in [4.78, 5) is 11.5. The Labute approximate surface area is 115 Å². The van der Waals surface area contributed by atoms with Crippen LogP contribution in [0.4, 0.5) is 5.13 Å². The van der Waals surface area contributed by atoms with Gasteiger partial charge in [0, 0.05) is 5.56 Å². The van der Waals surface area contributed by atoms with E-state index in [2.05, 4.69) is 21.6 Å². The van der Waals surface area contributed by atoms with Gasteiger partial charge in [0.2, 0.25) is 11.0 Å². The van der Waals surface area contributed by atoms with Crippen LogP contribution >= 0.6 is 11.3 Å². The maximum Gasteiger partial charge on any atom is 0.242 e. The van der Waals surface area contributed by atoms with E-state index in [0.29, 0.717) is 5.13 Å². The molecule has 1 aromatic carbocycles. The van der Waals surface area contributed by atoms with Crippen molar-refractivity contribution in [3.8, 4) is 10.6 Å². The molecule has 0 bridgehead atoms. The highest BCUT2D eigenvalue weighted by atomic mass is 32.1. The largest absolute Gasteiger partial charge is 0.320 e. The van der Waals surface area contributed by atoms with E-state index in [1.165, 1.54) is 22.5 Å². The maximum atomic E-state index is 11.5. The average Bonchev–Trinajstić information content (AvgIpc) is 2.76. The number of carbonyl (C=O) groups is 1. The fraction of sp³-hybridized carbons (Fsp3) is 0.308. The van der Waals surface area contributed by atoms with Crippen molar-refractivity contribution in [1.82, 2.24) is 10.2 Å². The molecule has 1 amide bonds. The third kappa shape index (κ3) is 3.36. The number of aromatic nitrogens is 2. The molecule has 1 atom stereocenters. The van der Waals surface area contributed by atoms with Crippen LogP contribution in [0.3, 0.4) is 0 Å². The summed E-state index contributed by atoms with van der Waals surface area (Å²) in [6.07, 6.45) is 0. The molecule has 6 heteroatoms. The molecule has 100 valence electrons. The average molecular weight is 276 g/mol. The number of hydrogen-bond donors (Lipinski definition) is 2. The molecule has 0 unspecified atom stereocenters. The fourth-order valence-corrected chi connectivity index (χ4v) is 2.44. The van der Waals surface area contributed by atoms with Crippen molar-refractivity contribution in [2.45, 2.75) is 26.8 Å². The Kier molecular flexibility index (Phi) is 3.92. The van der Waals surface area contributed by atoms with Crippen LogP contribution in [0.25, 0.3) is 10.6 Å². The van der Waals surface area contributed by atoms with E-state index in [1.54, 1.807) is 6.92 Å². The molecule has 0 radical (unpaired) electrons. The molecule has 1 heterocycles. The lowest BCUT2D eigenvalue weighted by Crippen LogP contribution is -2.32. The number of nitrogens with one attached hydrogen (secondary N) is 1. The minimum absolute atomic E-state index is 0.261. The fourth-order valence-electron chi connectivity index (χ4n) is 1.71. The molecule has 0 spiro atoms. The van der Waals surface area contributed by atoms with Crippen LogP contribution in [0.1, 0.15) is 18.1 Å². The summed E-state index contributed by atoms with van der Waals surface area (Å²) in [5, 5.41) is 11.9. The van der Waals surface area contributed by atoms with Gasteiger partial charge in [0.05, 0.1) is 6.04 Å². The van der Waals surface area contributed by atoms with Gasteiger partial charge in [0.1, 0.15) is 5.01 Å². The van der Waals surface area contributed by atoms with Gasteiger partial charge in [0.25, 0.3) is 0 Å². The van der Waals surface area contributed by atoms with Gasteiger partial charge in [-0.25, -0.2) is 0 Å². The number of amides is 1. The Hall–Kier alpha value is -1.79. The Morgan fingerprint density at radius 2 is 1.89 bits per heavy atom. The second-order valence-corrected chi connectivity index (χ2v) is 5.54. The van der Waals surface area contributed by atoms with E-state index in [1.807, 2.05) is 26.0 Å². The summed E-state index contributed by atoms with van der Waals surface area (Å²) < 4.78 is 0. The normalized spacial score (nSPS) is 12.2. The van der Waals surface area contributed by atoms with Crippen molar-refractivity contribution in [2.24, 2.45) is 5.73 Å². The zero-order valence-corrected chi connectivity index (χ0v) is 11.9. The zero-order valence-electron chi connectivity index (χ0n) is 11.1. The van der Waals surface area contributed by atoms with Crippen molar-refractivity contribution in [1.29, 1.82) is 0 Å². The number of rotatable bonds is 3. The predicted octanol–water partition coefficient (Wildman–Crippen LogP) is 2.11. The van der Waals surface area contributed by atoms with Gasteiger partial charge >= 0.3 is 0 Å². The van der Waals surface area contributed by atoms with Crippen LogP contribution in [-0.4, -0.2) is 22.1 Å². The standard InChI is InChI=1S/C13H16N4OS/c1-7-4-8(2)6-10(5-7)12-16-17-13(19-12)15-11(18)9(3)14/h4-6,9H,14H2,1-3H3,(H,15,17,18)/t9-/m0/s1. The predicted molar refractivity (Wildman–Crippen MR) is 77.1 cm³/mol. The monoisotopic (exact) mass is 276 g/mol. The van der Waals surface area contributed by atoms with Crippen LogP contribution in [0.5, 0.6) is 0 Å². The molecule has 0 saturated heterocycles. The topological polar surface area (TPSA) is 80.9 Å². The summed E-state index contributed by atoms with van der Waals surface area (Å²) in [5.41, 5.74) is 8.84. The molecule has 5 nitrogen and oxygen atoms in total. The number of nitrogens with zero attached hydrogens (tertiary/aromatic N) is 2. The van der Waals surface area contributed by atoms with Crippen LogP contribution in [0, 0.1) is 13.8 Å². The molecule has 0 aliphatic rings. The molecular formula is C13H16N4OS. The van der Waals surface area contributed by atoms with Gasteiger partial charge < -0.3 is 5.73 Å². The van der Waals surface area contributed by atoms with Gasteiger partial charge in [0.15, 0.2) is 0 Å². The summed E-state index contributed by atoms with van der Waals surface area (Å²) in [6, 6.07) is 5.63. The summed E-state index contributed by atoms with van der Waals surface area (Å²) in [6.45, 7) is 5.70. The lowest BCUT2D eigenvalue weighted by Gasteiger charge is -2.03.